The van der Waals surface area contributed by atoms with E-state index in [9.17, 15) is 4.79 Å². The van der Waals surface area contributed by atoms with Gasteiger partial charge in [0.1, 0.15) is 0 Å². The van der Waals surface area contributed by atoms with Gasteiger partial charge in [0.05, 0.1) is 17.1 Å². The first-order chi connectivity index (χ1) is 9.93. The predicted octanol–water partition coefficient (Wildman–Crippen LogP) is 4.07. The van der Waals surface area contributed by atoms with E-state index in [2.05, 4.69) is 24.3 Å². The molecule has 0 saturated carbocycles. The summed E-state index contributed by atoms with van der Waals surface area (Å²) in [5.41, 5.74) is 4.18. The van der Waals surface area contributed by atoms with E-state index in [1.807, 2.05) is 30.7 Å². The molecular weight excluding hydrogens is 286 g/mol. The molecule has 0 saturated heterocycles. The molecule has 0 spiro atoms. The van der Waals surface area contributed by atoms with Crippen molar-refractivity contribution < 1.29 is 4.79 Å². The number of hydrogen-bond donors (Lipinski definition) is 1. The molecule has 0 atom stereocenters. The van der Waals surface area contributed by atoms with E-state index in [-0.39, 0.29) is 11.9 Å². The molecule has 0 aliphatic carbocycles. The van der Waals surface area contributed by atoms with Crippen LogP contribution in [0.25, 0.3) is 0 Å². The summed E-state index contributed by atoms with van der Waals surface area (Å²) >= 11 is 5.75. The Bertz CT molecular complexity index is 644. The molecule has 112 valence electrons. The number of benzene rings is 1. The molecular formula is C16H20ClN3O. The number of aryl methyl sites for hydroxylation is 1. The third-order valence-electron chi connectivity index (χ3n) is 3.42. The summed E-state index contributed by atoms with van der Waals surface area (Å²) in [6, 6.07) is 7.55. The molecule has 1 aromatic carbocycles. The van der Waals surface area contributed by atoms with Crippen molar-refractivity contribution in [2.75, 3.05) is 5.32 Å². The summed E-state index contributed by atoms with van der Waals surface area (Å²) in [6.45, 7) is 8.00. The molecule has 1 aromatic heterocycles. The number of anilines is 1. The molecule has 2 aromatic rings. The molecule has 0 unspecified atom stereocenters. The normalized spacial score (nSPS) is 11.0. The number of aromatic nitrogens is 2. The Morgan fingerprint density at radius 1 is 1.29 bits per heavy atom. The van der Waals surface area contributed by atoms with Crippen molar-refractivity contribution in [1.29, 1.82) is 0 Å². The summed E-state index contributed by atoms with van der Waals surface area (Å²) < 4.78 is 1.92. The Hall–Kier alpha value is -1.81. The predicted molar refractivity (Wildman–Crippen MR) is 86.0 cm³/mol. The van der Waals surface area contributed by atoms with Crippen LogP contribution in [0.15, 0.2) is 24.3 Å². The second kappa shape index (κ2) is 6.31. The van der Waals surface area contributed by atoms with Crippen LogP contribution >= 0.6 is 11.6 Å². The molecule has 1 N–H and O–H groups in total. The van der Waals surface area contributed by atoms with Crippen molar-refractivity contribution >= 4 is 23.2 Å². The largest absolute Gasteiger partial charge is 0.319 e. The van der Waals surface area contributed by atoms with Gasteiger partial charge in [-0.25, -0.2) is 0 Å². The minimum Gasteiger partial charge on any atom is -0.319 e. The molecule has 21 heavy (non-hydrogen) atoms. The van der Waals surface area contributed by atoms with Crippen LogP contribution in [0.3, 0.4) is 0 Å². The fourth-order valence-electron chi connectivity index (χ4n) is 2.28. The van der Waals surface area contributed by atoms with Crippen molar-refractivity contribution in [3.63, 3.8) is 0 Å². The first-order valence-electron chi connectivity index (χ1n) is 6.96. The summed E-state index contributed by atoms with van der Waals surface area (Å²) in [5.74, 6) is 0.312. The average Bonchev–Trinajstić information content (AvgIpc) is 2.75. The minimum absolute atomic E-state index is 0.134. The third kappa shape index (κ3) is 3.27. The quantitative estimate of drug-likeness (QED) is 0.865. The van der Waals surface area contributed by atoms with Crippen molar-refractivity contribution in [3.05, 3.63) is 46.8 Å². The minimum atomic E-state index is -0.134. The first-order valence-corrected chi connectivity index (χ1v) is 7.49. The zero-order valence-electron chi connectivity index (χ0n) is 12.8. The molecule has 4 nitrogen and oxygen atoms in total. The van der Waals surface area contributed by atoms with Gasteiger partial charge in [-0.3, -0.25) is 9.48 Å². The zero-order chi connectivity index (χ0) is 15.6. The Kier molecular flexibility index (Phi) is 4.68. The summed E-state index contributed by atoms with van der Waals surface area (Å²) in [5, 5.41) is 7.42. The van der Waals surface area contributed by atoms with Gasteiger partial charge in [0, 0.05) is 17.5 Å². The molecule has 1 heterocycles. The second-order valence-corrected chi connectivity index (χ2v) is 5.64. The van der Waals surface area contributed by atoms with Gasteiger partial charge in [-0.05, 0) is 45.4 Å². The highest BCUT2D eigenvalue weighted by molar-refractivity contribution is 6.17. The Morgan fingerprint density at radius 3 is 2.38 bits per heavy atom. The first kappa shape index (κ1) is 15.6. The number of nitrogens with zero attached hydrogens (tertiary/aromatic N) is 2. The van der Waals surface area contributed by atoms with E-state index in [1.54, 1.807) is 12.1 Å². The SMILES string of the molecule is Cc1nn(C(C)C)c(C)c1NC(=O)c1ccc(CCl)cc1. The maximum Gasteiger partial charge on any atom is 0.255 e. The summed E-state index contributed by atoms with van der Waals surface area (Å²) in [6.07, 6.45) is 0. The van der Waals surface area contributed by atoms with Crippen molar-refractivity contribution in [2.24, 2.45) is 0 Å². The van der Waals surface area contributed by atoms with E-state index in [0.29, 0.717) is 11.4 Å². The monoisotopic (exact) mass is 305 g/mol. The highest BCUT2D eigenvalue weighted by Gasteiger charge is 2.16. The van der Waals surface area contributed by atoms with Crippen LogP contribution in [0.5, 0.6) is 0 Å². The molecule has 0 fully saturated rings. The van der Waals surface area contributed by atoms with Gasteiger partial charge in [-0.1, -0.05) is 12.1 Å². The topological polar surface area (TPSA) is 46.9 Å². The lowest BCUT2D eigenvalue weighted by molar-refractivity contribution is 0.102. The van der Waals surface area contributed by atoms with E-state index in [4.69, 9.17) is 11.6 Å². The number of amides is 1. The summed E-state index contributed by atoms with van der Waals surface area (Å²) in [4.78, 5) is 12.3. The molecule has 0 bridgehead atoms. The van der Waals surface area contributed by atoms with Gasteiger partial charge in [-0.2, -0.15) is 5.10 Å². The van der Waals surface area contributed by atoms with Crippen LogP contribution in [0.4, 0.5) is 5.69 Å². The maximum absolute atomic E-state index is 12.3. The van der Waals surface area contributed by atoms with Crippen molar-refractivity contribution in [2.45, 2.75) is 39.6 Å². The second-order valence-electron chi connectivity index (χ2n) is 5.37. The van der Waals surface area contributed by atoms with E-state index in [1.165, 1.54) is 0 Å². The third-order valence-corrected chi connectivity index (χ3v) is 3.73. The number of alkyl halides is 1. The number of halogens is 1. The van der Waals surface area contributed by atoms with Crippen LogP contribution in [-0.4, -0.2) is 15.7 Å². The Labute approximate surface area is 130 Å². The summed E-state index contributed by atoms with van der Waals surface area (Å²) in [7, 11) is 0. The highest BCUT2D eigenvalue weighted by atomic mass is 35.5. The lowest BCUT2D eigenvalue weighted by atomic mass is 10.1. The van der Waals surface area contributed by atoms with Crippen LogP contribution in [0.2, 0.25) is 0 Å². The average molecular weight is 306 g/mol. The van der Waals surface area contributed by atoms with Crippen LogP contribution < -0.4 is 5.32 Å². The van der Waals surface area contributed by atoms with Gasteiger partial charge in [0.2, 0.25) is 0 Å². The number of carbonyl (C=O) groups is 1. The van der Waals surface area contributed by atoms with Crippen LogP contribution in [0, 0.1) is 13.8 Å². The molecule has 0 radical (unpaired) electrons. The van der Waals surface area contributed by atoms with E-state index < -0.39 is 0 Å². The van der Waals surface area contributed by atoms with Gasteiger partial charge in [-0.15, -0.1) is 11.6 Å². The fourth-order valence-corrected chi connectivity index (χ4v) is 2.46. The maximum atomic E-state index is 12.3. The molecule has 1 amide bonds. The fraction of sp³-hybridized carbons (Fsp3) is 0.375. The van der Waals surface area contributed by atoms with Gasteiger partial charge in [0.15, 0.2) is 0 Å². The Morgan fingerprint density at radius 2 is 1.90 bits per heavy atom. The number of carbonyl (C=O) groups excluding carboxylic acids is 1. The van der Waals surface area contributed by atoms with Gasteiger partial charge >= 0.3 is 0 Å². The zero-order valence-corrected chi connectivity index (χ0v) is 13.5. The number of hydrogen-bond acceptors (Lipinski definition) is 2. The van der Waals surface area contributed by atoms with Crippen LogP contribution in [-0.2, 0) is 5.88 Å². The van der Waals surface area contributed by atoms with E-state index >= 15 is 0 Å². The lowest BCUT2D eigenvalue weighted by Crippen LogP contribution is -2.13. The van der Waals surface area contributed by atoms with Crippen LogP contribution in [0.1, 0.15) is 47.2 Å². The molecule has 0 aliphatic rings. The van der Waals surface area contributed by atoms with Gasteiger partial charge in [0.25, 0.3) is 5.91 Å². The van der Waals surface area contributed by atoms with Crippen molar-refractivity contribution in [3.8, 4) is 0 Å². The highest BCUT2D eigenvalue weighted by Crippen LogP contribution is 2.23. The van der Waals surface area contributed by atoms with E-state index in [0.717, 1.165) is 22.6 Å². The van der Waals surface area contributed by atoms with Crippen molar-refractivity contribution in [1.82, 2.24) is 9.78 Å². The molecule has 5 heteroatoms. The number of rotatable bonds is 4. The van der Waals surface area contributed by atoms with Gasteiger partial charge < -0.3 is 5.32 Å². The molecule has 2 rings (SSSR count). The number of nitrogens with one attached hydrogen (secondary N) is 1. The lowest BCUT2D eigenvalue weighted by Gasteiger charge is -2.09. The smallest absolute Gasteiger partial charge is 0.255 e. The standard InChI is InChI=1S/C16H20ClN3O/c1-10(2)20-12(4)15(11(3)19-20)18-16(21)14-7-5-13(9-17)6-8-14/h5-8,10H,9H2,1-4H3,(H,18,21). The Balaban J connectivity index is 2.23. The molecule has 0 aliphatic heterocycles.